The van der Waals surface area contributed by atoms with E-state index in [0.717, 1.165) is 0 Å². The van der Waals surface area contributed by atoms with Crippen LogP contribution in [0.25, 0.3) is 0 Å². The maximum absolute atomic E-state index is 13.1. The first-order chi connectivity index (χ1) is 13.4. The van der Waals surface area contributed by atoms with Crippen molar-refractivity contribution < 1.29 is 31.5 Å². The summed E-state index contributed by atoms with van der Waals surface area (Å²) in [6, 6.07) is 0. The minimum absolute atomic E-state index is 0.0711. The fourth-order valence-electron chi connectivity index (χ4n) is 1.63. The maximum atomic E-state index is 13.1. The van der Waals surface area contributed by atoms with Gasteiger partial charge in [0, 0.05) is 26.2 Å². The molecule has 0 amide bonds. The van der Waals surface area contributed by atoms with Gasteiger partial charge in [-0.1, -0.05) is 0 Å². The summed E-state index contributed by atoms with van der Waals surface area (Å²) >= 11 is 0. The van der Waals surface area contributed by atoms with E-state index in [1.807, 2.05) is 76.0 Å². The number of likely N-dealkylation sites (N-methyl/N-ethyl adjacent to an activating group) is 4. The number of hydrogen-bond acceptors (Lipinski definition) is 11. The quantitative estimate of drug-likeness (QED) is 0.278. The first-order valence-electron chi connectivity index (χ1n) is 9.46. The first kappa shape index (κ1) is 29.1. The molecule has 0 atom stereocenters. The van der Waals surface area contributed by atoms with Crippen LogP contribution in [0, 0.1) is 0 Å². The largest absolute Gasteiger partial charge is 0.483 e. The lowest BCUT2D eigenvalue weighted by Crippen LogP contribution is -2.21. The predicted molar refractivity (Wildman–Crippen MR) is 114 cm³/mol. The van der Waals surface area contributed by atoms with Crippen molar-refractivity contribution in [2.24, 2.45) is 0 Å². The van der Waals surface area contributed by atoms with Crippen molar-refractivity contribution in [1.82, 2.24) is 19.6 Å². The molecule has 0 bridgehead atoms. The summed E-state index contributed by atoms with van der Waals surface area (Å²) in [5, 5.41) is 0. The van der Waals surface area contributed by atoms with Gasteiger partial charge in [0.25, 0.3) is 0 Å². The molecule has 0 rings (SSSR count). The van der Waals surface area contributed by atoms with E-state index in [9.17, 15) is 9.13 Å². The van der Waals surface area contributed by atoms with Crippen LogP contribution in [0.2, 0.25) is 0 Å². The van der Waals surface area contributed by atoms with Gasteiger partial charge in [-0.15, -0.1) is 0 Å². The molecule has 0 aromatic carbocycles. The third kappa shape index (κ3) is 16.5. The highest BCUT2D eigenvalue weighted by Crippen LogP contribution is 2.65. The Morgan fingerprint density at radius 3 is 0.862 bits per heavy atom. The molecule has 176 valence electrons. The third-order valence-corrected chi connectivity index (χ3v) is 6.95. The van der Waals surface area contributed by atoms with Gasteiger partial charge in [0.05, 0.1) is 26.4 Å². The fourth-order valence-corrected chi connectivity index (χ4v) is 4.74. The summed E-state index contributed by atoms with van der Waals surface area (Å²) in [4.78, 5) is 7.41. The lowest BCUT2D eigenvalue weighted by molar-refractivity contribution is 0.0966. The van der Waals surface area contributed by atoms with E-state index in [0.29, 0.717) is 26.2 Å². The molecule has 0 saturated carbocycles. The SMILES string of the molecule is CN(C)CCOP(=O)(OCCN(C)C)OP(=O)(OCCN(C)C)OCCN(C)C. The van der Waals surface area contributed by atoms with Crippen LogP contribution in [0.5, 0.6) is 0 Å². The van der Waals surface area contributed by atoms with Crippen molar-refractivity contribution in [3.8, 4) is 0 Å². The van der Waals surface area contributed by atoms with Gasteiger partial charge in [0.2, 0.25) is 0 Å². The average Bonchev–Trinajstić information content (AvgIpc) is 2.52. The van der Waals surface area contributed by atoms with Crippen LogP contribution < -0.4 is 0 Å². The number of hydrogen-bond donors (Lipinski definition) is 0. The normalized spacial score (nSPS) is 13.4. The molecule has 0 aromatic heterocycles. The molecule has 0 spiro atoms. The van der Waals surface area contributed by atoms with Gasteiger partial charge in [0.1, 0.15) is 0 Å². The lowest BCUT2D eigenvalue weighted by Gasteiger charge is -2.25. The highest BCUT2D eigenvalue weighted by atomic mass is 31.3. The van der Waals surface area contributed by atoms with Crippen molar-refractivity contribution in [2.75, 3.05) is 109 Å². The Morgan fingerprint density at radius 2 is 0.690 bits per heavy atom. The molecule has 0 N–H and O–H groups in total. The molecular weight excluding hydrogens is 422 g/mol. The van der Waals surface area contributed by atoms with E-state index in [-0.39, 0.29) is 26.4 Å². The zero-order valence-corrected chi connectivity index (χ0v) is 21.0. The van der Waals surface area contributed by atoms with Crippen LogP contribution in [0.3, 0.4) is 0 Å². The predicted octanol–water partition coefficient (Wildman–Crippen LogP) is 1.53. The van der Waals surface area contributed by atoms with Gasteiger partial charge in [-0.25, -0.2) is 9.13 Å². The summed E-state index contributed by atoms with van der Waals surface area (Å²) in [5.74, 6) is 0. The molecule has 0 aromatic rings. The maximum Gasteiger partial charge on any atom is 0.483 e. The molecule has 11 nitrogen and oxygen atoms in total. The molecule has 0 unspecified atom stereocenters. The molecule has 0 aliphatic rings. The smallest absolute Gasteiger partial charge is 0.307 e. The highest BCUT2D eigenvalue weighted by Gasteiger charge is 2.40. The minimum Gasteiger partial charge on any atom is -0.307 e. The second-order valence-electron chi connectivity index (χ2n) is 7.52. The second kappa shape index (κ2) is 15.0. The Labute approximate surface area is 176 Å². The Hall–Kier alpha value is 0.1000. The van der Waals surface area contributed by atoms with Gasteiger partial charge >= 0.3 is 15.6 Å². The molecule has 0 fully saturated rings. The van der Waals surface area contributed by atoms with Gasteiger partial charge in [-0.05, 0) is 56.4 Å². The van der Waals surface area contributed by atoms with Crippen molar-refractivity contribution in [3.05, 3.63) is 0 Å². The van der Waals surface area contributed by atoms with Crippen LogP contribution in [0.1, 0.15) is 0 Å². The van der Waals surface area contributed by atoms with Crippen LogP contribution in [-0.2, 0) is 31.5 Å². The minimum atomic E-state index is -4.17. The van der Waals surface area contributed by atoms with Crippen LogP contribution in [-0.4, -0.2) is 129 Å². The van der Waals surface area contributed by atoms with E-state index >= 15 is 0 Å². The molecule has 29 heavy (non-hydrogen) atoms. The fraction of sp³-hybridized carbons (Fsp3) is 1.00. The summed E-state index contributed by atoms with van der Waals surface area (Å²) in [7, 11) is 6.44. The number of phosphoric acid groups is 2. The van der Waals surface area contributed by atoms with Gasteiger partial charge < -0.3 is 19.6 Å². The molecule has 0 radical (unpaired) electrons. The Morgan fingerprint density at radius 1 is 0.483 bits per heavy atom. The number of phosphoric ester groups is 2. The van der Waals surface area contributed by atoms with Crippen molar-refractivity contribution >= 4 is 15.6 Å². The Bertz CT molecular complexity index is 441. The molecule has 0 aliphatic carbocycles. The van der Waals surface area contributed by atoms with Crippen LogP contribution in [0.15, 0.2) is 0 Å². The van der Waals surface area contributed by atoms with Crippen molar-refractivity contribution in [2.45, 2.75) is 0 Å². The molecule has 0 heterocycles. The summed E-state index contributed by atoms with van der Waals surface area (Å²) < 4.78 is 53.0. The van der Waals surface area contributed by atoms with Crippen LogP contribution >= 0.6 is 15.6 Å². The second-order valence-corrected chi connectivity index (χ2v) is 11.0. The summed E-state index contributed by atoms with van der Waals surface area (Å²) in [6.07, 6.45) is 0. The Balaban J connectivity index is 5.21. The highest BCUT2D eigenvalue weighted by molar-refractivity contribution is 7.62. The van der Waals surface area contributed by atoms with E-state index < -0.39 is 15.6 Å². The summed E-state index contributed by atoms with van der Waals surface area (Å²) in [6.45, 7) is 2.22. The third-order valence-electron chi connectivity index (χ3n) is 3.35. The Kier molecular flexibility index (Phi) is 15.0. The molecule has 13 heteroatoms. The summed E-state index contributed by atoms with van der Waals surface area (Å²) in [5.41, 5.74) is 0. The van der Waals surface area contributed by atoms with Gasteiger partial charge in [-0.3, -0.25) is 18.1 Å². The molecular formula is C16H40N4O7P2. The van der Waals surface area contributed by atoms with Crippen molar-refractivity contribution in [3.63, 3.8) is 0 Å². The van der Waals surface area contributed by atoms with E-state index in [4.69, 9.17) is 22.4 Å². The zero-order chi connectivity index (χ0) is 22.5. The standard InChI is InChI=1S/C16H40N4O7P2/c1-17(2)9-13-23-28(21,24-14-10-18(3)4)27-29(22,25-15-11-19(5)6)26-16-12-20(7)8/h9-16H2,1-8H3. The van der Waals surface area contributed by atoms with Gasteiger partial charge in [-0.2, -0.15) is 4.31 Å². The number of rotatable bonds is 18. The average molecular weight is 462 g/mol. The van der Waals surface area contributed by atoms with E-state index in [2.05, 4.69) is 0 Å². The van der Waals surface area contributed by atoms with Crippen LogP contribution in [0.4, 0.5) is 0 Å². The van der Waals surface area contributed by atoms with E-state index in [1.165, 1.54) is 0 Å². The first-order valence-corrected chi connectivity index (χ1v) is 12.4. The zero-order valence-electron chi connectivity index (χ0n) is 19.2. The number of nitrogens with zero attached hydrogens (tertiary/aromatic N) is 4. The lowest BCUT2D eigenvalue weighted by atomic mass is 10.6. The van der Waals surface area contributed by atoms with Crippen molar-refractivity contribution in [1.29, 1.82) is 0 Å². The monoisotopic (exact) mass is 462 g/mol. The molecule has 0 aliphatic heterocycles. The topological polar surface area (TPSA) is 93.2 Å². The van der Waals surface area contributed by atoms with Gasteiger partial charge in [0.15, 0.2) is 0 Å². The van der Waals surface area contributed by atoms with E-state index in [1.54, 1.807) is 0 Å². The molecule has 0 saturated heterocycles.